The number of morpholine rings is 1. The first-order chi connectivity index (χ1) is 14.5. The molecule has 0 bridgehead atoms. The van der Waals surface area contributed by atoms with Crippen molar-refractivity contribution in [2.75, 3.05) is 50.9 Å². The van der Waals surface area contributed by atoms with Gasteiger partial charge in [0.15, 0.2) is 9.84 Å². The quantitative estimate of drug-likeness (QED) is 0.550. The minimum Gasteiger partial charge on any atom is -0.404 e. The summed E-state index contributed by atoms with van der Waals surface area (Å²) >= 11 is 0. The number of hydrogen-bond acceptors (Lipinski definition) is 7. The maximum Gasteiger partial charge on any atom is 0.573 e. The minimum atomic E-state index is -5.07. The van der Waals surface area contributed by atoms with Crippen molar-refractivity contribution in [3.05, 3.63) is 24.3 Å². The Labute approximate surface area is 179 Å². The van der Waals surface area contributed by atoms with Gasteiger partial charge in [0.25, 0.3) is 0 Å². The molecule has 2 fully saturated rings. The number of para-hydroxylation sites is 1. The Balaban J connectivity index is 1.85. The van der Waals surface area contributed by atoms with E-state index in [4.69, 9.17) is 4.74 Å². The standard InChI is InChI=1S/C18H25F3N2O6S2/c19-18(20,21)29-16-4-1-2-5-17(16)31(26,27)23(15-6-13-30(24,25)14-15)8-3-7-22-9-11-28-12-10-22/h1-2,4-5,15H,3,6-14H2. The van der Waals surface area contributed by atoms with E-state index < -0.39 is 42.9 Å². The second-order valence-electron chi connectivity index (χ2n) is 7.47. The zero-order valence-corrected chi connectivity index (χ0v) is 18.4. The van der Waals surface area contributed by atoms with Crippen molar-refractivity contribution >= 4 is 19.9 Å². The van der Waals surface area contributed by atoms with Gasteiger partial charge in [0.2, 0.25) is 10.0 Å². The van der Waals surface area contributed by atoms with Crippen molar-refractivity contribution in [1.29, 1.82) is 0 Å². The Morgan fingerprint density at radius 1 is 1.19 bits per heavy atom. The van der Waals surface area contributed by atoms with E-state index in [-0.39, 0.29) is 24.5 Å². The predicted molar refractivity (Wildman–Crippen MR) is 106 cm³/mol. The Kier molecular flexibility index (Phi) is 7.51. The number of rotatable bonds is 8. The van der Waals surface area contributed by atoms with Gasteiger partial charge in [0, 0.05) is 25.7 Å². The number of sulfonamides is 1. The van der Waals surface area contributed by atoms with Crippen molar-refractivity contribution in [2.24, 2.45) is 0 Å². The third kappa shape index (κ3) is 6.54. The molecule has 0 radical (unpaired) electrons. The smallest absolute Gasteiger partial charge is 0.404 e. The van der Waals surface area contributed by atoms with Gasteiger partial charge in [-0.1, -0.05) is 12.1 Å². The normalized spacial score (nSPS) is 22.6. The topological polar surface area (TPSA) is 93.2 Å². The summed E-state index contributed by atoms with van der Waals surface area (Å²) in [5.74, 6) is -1.35. The van der Waals surface area contributed by atoms with Gasteiger partial charge in [-0.25, -0.2) is 16.8 Å². The van der Waals surface area contributed by atoms with Gasteiger partial charge in [-0.05, 0) is 31.5 Å². The molecule has 8 nitrogen and oxygen atoms in total. The molecule has 1 aromatic rings. The van der Waals surface area contributed by atoms with E-state index in [0.717, 1.165) is 16.4 Å². The van der Waals surface area contributed by atoms with E-state index in [9.17, 15) is 30.0 Å². The third-order valence-corrected chi connectivity index (χ3v) is 8.98. The Morgan fingerprint density at radius 2 is 1.87 bits per heavy atom. The summed E-state index contributed by atoms with van der Waals surface area (Å²) in [5, 5.41) is 0. The van der Waals surface area contributed by atoms with Crippen LogP contribution in [0.15, 0.2) is 29.2 Å². The minimum absolute atomic E-state index is 0.0137. The van der Waals surface area contributed by atoms with Gasteiger partial charge in [0.05, 0.1) is 24.7 Å². The van der Waals surface area contributed by atoms with Crippen LogP contribution < -0.4 is 4.74 Å². The maximum absolute atomic E-state index is 13.4. The Bertz CT molecular complexity index is 963. The molecule has 0 amide bonds. The fourth-order valence-electron chi connectivity index (χ4n) is 3.78. The summed E-state index contributed by atoms with van der Waals surface area (Å²) in [4.78, 5) is 1.46. The number of benzene rings is 1. The summed E-state index contributed by atoms with van der Waals surface area (Å²) in [7, 11) is -7.85. The maximum atomic E-state index is 13.4. The summed E-state index contributed by atoms with van der Waals surface area (Å²) in [6.07, 6.45) is -4.57. The third-order valence-electron chi connectivity index (χ3n) is 5.23. The molecule has 0 aliphatic carbocycles. The molecule has 2 aliphatic heterocycles. The average molecular weight is 487 g/mol. The highest BCUT2D eigenvalue weighted by atomic mass is 32.2. The monoisotopic (exact) mass is 486 g/mol. The van der Waals surface area contributed by atoms with E-state index in [2.05, 4.69) is 9.64 Å². The molecule has 2 heterocycles. The average Bonchev–Trinajstić information content (AvgIpc) is 3.04. The van der Waals surface area contributed by atoms with Crippen LogP contribution in [0.4, 0.5) is 13.2 Å². The molecule has 0 N–H and O–H groups in total. The molecular formula is C18H25F3N2O6S2. The van der Waals surface area contributed by atoms with Crippen LogP contribution in [-0.4, -0.2) is 89.3 Å². The van der Waals surface area contributed by atoms with Crippen molar-refractivity contribution in [1.82, 2.24) is 9.21 Å². The molecular weight excluding hydrogens is 461 g/mol. The first kappa shape index (κ1) is 24.2. The van der Waals surface area contributed by atoms with E-state index in [1.807, 2.05) is 0 Å². The van der Waals surface area contributed by atoms with Crippen LogP contribution in [0, 0.1) is 0 Å². The van der Waals surface area contributed by atoms with Gasteiger partial charge < -0.3 is 9.47 Å². The Morgan fingerprint density at radius 3 is 2.48 bits per heavy atom. The molecule has 0 aromatic heterocycles. The number of ether oxygens (including phenoxy) is 2. The molecule has 13 heteroatoms. The second-order valence-corrected chi connectivity index (χ2v) is 11.6. The summed E-state index contributed by atoms with van der Waals surface area (Å²) in [6, 6.07) is 3.67. The first-order valence-corrected chi connectivity index (χ1v) is 13.1. The highest BCUT2D eigenvalue weighted by Gasteiger charge is 2.41. The number of alkyl halides is 3. The van der Waals surface area contributed by atoms with Crippen LogP contribution in [0.2, 0.25) is 0 Å². The molecule has 1 unspecified atom stereocenters. The van der Waals surface area contributed by atoms with Crippen LogP contribution in [0.25, 0.3) is 0 Å². The highest BCUT2D eigenvalue weighted by molar-refractivity contribution is 7.92. The van der Waals surface area contributed by atoms with Crippen molar-refractivity contribution < 1.29 is 39.5 Å². The summed E-state index contributed by atoms with van der Waals surface area (Å²) in [6.45, 7) is 3.10. The van der Waals surface area contributed by atoms with E-state index >= 15 is 0 Å². The zero-order chi connectivity index (χ0) is 22.7. The van der Waals surface area contributed by atoms with Crippen LogP contribution in [-0.2, 0) is 24.6 Å². The number of hydrogen-bond donors (Lipinski definition) is 0. The Hall–Kier alpha value is -1.41. The fourth-order valence-corrected chi connectivity index (χ4v) is 7.41. The second kappa shape index (κ2) is 9.61. The van der Waals surface area contributed by atoms with Crippen molar-refractivity contribution in [2.45, 2.75) is 30.1 Å². The van der Waals surface area contributed by atoms with Crippen LogP contribution in [0.3, 0.4) is 0 Å². The lowest BCUT2D eigenvalue weighted by molar-refractivity contribution is -0.275. The number of sulfone groups is 1. The predicted octanol–water partition coefficient (Wildman–Crippen LogP) is 1.49. The molecule has 2 aliphatic rings. The largest absolute Gasteiger partial charge is 0.573 e. The SMILES string of the molecule is O=S1(=O)CCC(N(CCCN2CCOCC2)S(=O)(=O)c2ccccc2OC(F)(F)F)C1. The molecule has 2 saturated heterocycles. The van der Waals surface area contributed by atoms with E-state index in [1.54, 1.807) is 0 Å². The summed E-state index contributed by atoms with van der Waals surface area (Å²) < 4.78 is 99.3. The molecule has 31 heavy (non-hydrogen) atoms. The zero-order valence-electron chi connectivity index (χ0n) is 16.8. The lowest BCUT2D eigenvalue weighted by atomic mass is 10.2. The van der Waals surface area contributed by atoms with Crippen molar-refractivity contribution in [3.8, 4) is 5.75 Å². The van der Waals surface area contributed by atoms with Gasteiger partial charge in [-0.2, -0.15) is 4.31 Å². The molecule has 1 atom stereocenters. The van der Waals surface area contributed by atoms with Crippen LogP contribution in [0.5, 0.6) is 5.75 Å². The van der Waals surface area contributed by atoms with E-state index in [0.29, 0.717) is 39.3 Å². The van der Waals surface area contributed by atoms with Crippen molar-refractivity contribution in [3.63, 3.8) is 0 Å². The lowest BCUT2D eigenvalue weighted by Crippen LogP contribution is -2.43. The van der Waals surface area contributed by atoms with Gasteiger partial charge >= 0.3 is 6.36 Å². The highest BCUT2D eigenvalue weighted by Crippen LogP contribution is 2.33. The van der Waals surface area contributed by atoms with Gasteiger partial charge in [-0.3, -0.25) is 4.90 Å². The first-order valence-electron chi connectivity index (χ1n) is 9.85. The number of nitrogens with zero attached hydrogens (tertiary/aromatic N) is 2. The number of halogens is 3. The molecule has 176 valence electrons. The fraction of sp³-hybridized carbons (Fsp3) is 0.667. The summed E-state index contributed by atoms with van der Waals surface area (Å²) in [5.41, 5.74) is 0. The molecule has 1 aromatic carbocycles. The lowest BCUT2D eigenvalue weighted by Gasteiger charge is -2.30. The van der Waals surface area contributed by atoms with Crippen LogP contribution in [0.1, 0.15) is 12.8 Å². The van der Waals surface area contributed by atoms with Gasteiger partial charge in [-0.15, -0.1) is 13.2 Å². The van der Waals surface area contributed by atoms with Crippen LogP contribution >= 0.6 is 0 Å². The molecule has 0 spiro atoms. The molecule has 0 saturated carbocycles. The molecule has 3 rings (SSSR count). The van der Waals surface area contributed by atoms with Gasteiger partial charge in [0.1, 0.15) is 10.6 Å². The van der Waals surface area contributed by atoms with E-state index in [1.165, 1.54) is 12.1 Å².